The summed E-state index contributed by atoms with van der Waals surface area (Å²) in [5.74, 6) is -0.0748. The largest absolute Gasteiger partial charge is 0.491 e. The molecular weight excluding hydrogens is 328 g/mol. The Morgan fingerprint density at radius 1 is 0.923 bits per heavy atom. The van der Waals surface area contributed by atoms with Gasteiger partial charge in [0.25, 0.3) is 0 Å². The predicted octanol–water partition coefficient (Wildman–Crippen LogP) is 5.41. The summed E-state index contributed by atoms with van der Waals surface area (Å²) in [6, 6.07) is 14.8. The molecule has 0 aliphatic heterocycles. The van der Waals surface area contributed by atoms with Crippen LogP contribution in [0.1, 0.15) is 50.4 Å². The van der Waals surface area contributed by atoms with Gasteiger partial charge in [-0.15, -0.1) is 0 Å². The van der Waals surface area contributed by atoms with Crippen molar-refractivity contribution < 1.29 is 19.4 Å². The first kappa shape index (κ1) is 20.0. The van der Waals surface area contributed by atoms with Crippen molar-refractivity contribution in [3.63, 3.8) is 0 Å². The van der Waals surface area contributed by atoms with E-state index in [1.54, 1.807) is 12.1 Å². The van der Waals surface area contributed by atoms with Crippen molar-refractivity contribution in [2.24, 2.45) is 0 Å². The van der Waals surface area contributed by atoms with Gasteiger partial charge in [-0.2, -0.15) is 0 Å². The van der Waals surface area contributed by atoms with Crippen LogP contribution in [0.4, 0.5) is 0 Å². The Labute approximate surface area is 155 Å². The van der Waals surface area contributed by atoms with E-state index in [4.69, 9.17) is 14.6 Å². The van der Waals surface area contributed by atoms with E-state index < -0.39 is 5.97 Å². The van der Waals surface area contributed by atoms with Gasteiger partial charge in [0.2, 0.25) is 0 Å². The molecule has 2 atom stereocenters. The molecule has 140 valence electrons. The van der Waals surface area contributed by atoms with Gasteiger partial charge in [-0.3, -0.25) is 0 Å². The molecule has 0 aliphatic rings. The van der Waals surface area contributed by atoms with Crippen LogP contribution < -0.4 is 4.74 Å². The highest BCUT2D eigenvalue weighted by Gasteiger charge is 2.09. The standard InChI is InChI=1S/C22H28O4/c1-4-15-25-16(2)5-6-17(3)26-21-13-11-19(12-14-21)18-7-9-20(10-8-18)22(23)24/h7-14,16-17H,4-6,15H2,1-3H3,(H,23,24)/t16-,17+/m0/s1. The van der Waals surface area contributed by atoms with E-state index >= 15 is 0 Å². The van der Waals surface area contributed by atoms with Crippen molar-refractivity contribution in [3.05, 3.63) is 54.1 Å². The lowest BCUT2D eigenvalue weighted by Crippen LogP contribution is -2.16. The van der Waals surface area contributed by atoms with Crippen LogP contribution in [-0.2, 0) is 4.74 Å². The molecule has 2 rings (SSSR count). The molecule has 0 saturated carbocycles. The molecule has 0 amide bonds. The van der Waals surface area contributed by atoms with Gasteiger partial charge in [-0.05, 0) is 68.5 Å². The molecule has 0 heterocycles. The second-order valence-corrected chi connectivity index (χ2v) is 6.59. The SMILES string of the molecule is CCCO[C@@H](C)CC[C@@H](C)Oc1ccc(-c2ccc(C(=O)O)cc2)cc1. The summed E-state index contributed by atoms with van der Waals surface area (Å²) in [4.78, 5) is 10.9. The molecule has 1 N–H and O–H groups in total. The van der Waals surface area contributed by atoms with Gasteiger partial charge in [0.05, 0.1) is 17.8 Å². The van der Waals surface area contributed by atoms with Gasteiger partial charge in [0, 0.05) is 6.61 Å². The van der Waals surface area contributed by atoms with E-state index in [0.717, 1.165) is 42.7 Å². The lowest BCUT2D eigenvalue weighted by molar-refractivity contribution is 0.0513. The van der Waals surface area contributed by atoms with Crippen molar-refractivity contribution in [3.8, 4) is 16.9 Å². The molecule has 4 nitrogen and oxygen atoms in total. The monoisotopic (exact) mass is 356 g/mol. The Balaban J connectivity index is 1.87. The summed E-state index contributed by atoms with van der Waals surface area (Å²) in [5.41, 5.74) is 2.31. The molecule has 0 radical (unpaired) electrons. The molecule has 0 aromatic heterocycles. The summed E-state index contributed by atoms with van der Waals surface area (Å²) in [5, 5.41) is 8.96. The van der Waals surface area contributed by atoms with E-state index in [1.165, 1.54) is 0 Å². The second-order valence-electron chi connectivity index (χ2n) is 6.59. The predicted molar refractivity (Wildman–Crippen MR) is 104 cm³/mol. The third-order valence-electron chi connectivity index (χ3n) is 4.24. The molecule has 26 heavy (non-hydrogen) atoms. The number of benzene rings is 2. The molecule has 2 aromatic carbocycles. The summed E-state index contributed by atoms with van der Waals surface area (Å²) >= 11 is 0. The zero-order valence-electron chi connectivity index (χ0n) is 15.8. The third kappa shape index (κ3) is 6.19. The molecule has 2 aromatic rings. The molecule has 4 heteroatoms. The first-order valence-electron chi connectivity index (χ1n) is 9.21. The molecular formula is C22H28O4. The topological polar surface area (TPSA) is 55.8 Å². The van der Waals surface area contributed by atoms with E-state index in [9.17, 15) is 4.79 Å². The Hall–Kier alpha value is -2.33. The molecule has 0 bridgehead atoms. The third-order valence-corrected chi connectivity index (χ3v) is 4.24. The Morgan fingerprint density at radius 2 is 1.46 bits per heavy atom. The van der Waals surface area contributed by atoms with Crippen molar-refractivity contribution in [1.29, 1.82) is 0 Å². The molecule has 0 aliphatic carbocycles. The van der Waals surface area contributed by atoms with Crippen LogP contribution >= 0.6 is 0 Å². The summed E-state index contributed by atoms with van der Waals surface area (Å²) < 4.78 is 11.7. The Morgan fingerprint density at radius 3 is 2.00 bits per heavy atom. The number of carbonyl (C=O) groups is 1. The number of hydrogen-bond acceptors (Lipinski definition) is 3. The zero-order chi connectivity index (χ0) is 18.9. The maximum Gasteiger partial charge on any atom is 0.335 e. The number of ether oxygens (including phenoxy) is 2. The average molecular weight is 356 g/mol. The maximum absolute atomic E-state index is 10.9. The first-order chi connectivity index (χ1) is 12.5. The van der Waals surface area contributed by atoms with Gasteiger partial charge >= 0.3 is 5.97 Å². The van der Waals surface area contributed by atoms with Crippen molar-refractivity contribution in [1.82, 2.24) is 0 Å². The number of carboxylic acids is 1. The first-order valence-corrected chi connectivity index (χ1v) is 9.21. The quantitative estimate of drug-likeness (QED) is 0.618. The smallest absolute Gasteiger partial charge is 0.335 e. The molecule has 0 fully saturated rings. The van der Waals surface area contributed by atoms with Gasteiger partial charge in [-0.25, -0.2) is 4.79 Å². The number of aromatic carboxylic acids is 1. The second kappa shape index (κ2) is 9.97. The highest BCUT2D eigenvalue weighted by molar-refractivity contribution is 5.88. The normalized spacial score (nSPS) is 13.2. The minimum atomic E-state index is -0.913. The van der Waals surface area contributed by atoms with E-state index in [1.807, 2.05) is 36.4 Å². The van der Waals surface area contributed by atoms with Gasteiger partial charge in [-0.1, -0.05) is 31.2 Å². The maximum atomic E-state index is 10.9. The fraction of sp³-hybridized carbons (Fsp3) is 0.409. The summed E-state index contributed by atoms with van der Waals surface area (Å²) in [6.07, 6.45) is 3.36. The van der Waals surface area contributed by atoms with Crippen molar-refractivity contribution in [2.45, 2.75) is 52.2 Å². The number of rotatable bonds is 10. The van der Waals surface area contributed by atoms with Crippen LogP contribution in [0.2, 0.25) is 0 Å². The van der Waals surface area contributed by atoms with Gasteiger partial charge in [0.1, 0.15) is 5.75 Å². The van der Waals surface area contributed by atoms with Crippen molar-refractivity contribution in [2.75, 3.05) is 6.61 Å². The Bertz CT molecular complexity index is 676. The fourth-order valence-electron chi connectivity index (χ4n) is 2.69. The molecule has 0 unspecified atom stereocenters. The Kier molecular flexibility index (Phi) is 7.67. The number of hydrogen-bond donors (Lipinski definition) is 1. The minimum absolute atomic E-state index is 0.128. The lowest BCUT2D eigenvalue weighted by atomic mass is 10.0. The minimum Gasteiger partial charge on any atom is -0.491 e. The van der Waals surface area contributed by atoms with Crippen LogP contribution in [0.5, 0.6) is 5.75 Å². The lowest BCUT2D eigenvalue weighted by Gasteiger charge is -2.18. The molecule has 0 spiro atoms. The van der Waals surface area contributed by atoms with Crippen LogP contribution in [0, 0.1) is 0 Å². The van der Waals surface area contributed by atoms with Gasteiger partial charge < -0.3 is 14.6 Å². The zero-order valence-corrected chi connectivity index (χ0v) is 15.8. The highest BCUT2D eigenvalue weighted by Crippen LogP contribution is 2.24. The number of carboxylic acid groups (broad SMARTS) is 1. The summed E-state index contributed by atoms with van der Waals surface area (Å²) in [6.45, 7) is 7.10. The van der Waals surface area contributed by atoms with E-state index in [-0.39, 0.29) is 12.2 Å². The highest BCUT2D eigenvalue weighted by atomic mass is 16.5. The van der Waals surface area contributed by atoms with E-state index in [0.29, 0.717) is 5.56 Å². The van der Waals surface area contributed by atoms with Crippen molar-refractivity contribution >= 4 is 5.97 Å². The summed E-state index contributed by atoms with van der Waals surface area (Å²) in [7, 11) is 0. The van der Waals surface area contributed by atoms with Crippen LogP contribution in [-0.4, -0.2) is 29.9 Å². The van der Waals surface area contributed by atoms with Crippen LogP contribution in [0.15, 0.2) is 48.5 Å². The molecule has 0 saturated heterocycles. The average Bonchev–Trinajstić information content (AvgIpc) is 2.65. The van der Waals surface area contributed by atoms with Crippen LogP contribution in [0.25, 0.3) is 11.1 Å². The van der Waals surface area contributed by atoms with Gasteiger partial charge in [0.15, 0.2) is 0 Å². The van der Waals surface area contributed by atoms with E-state index in [2.05, 4.69) is 20.8 Å². The van der Waals surface area contributed by atoms with Crippen LogP contribution in [0.3, 0.4) is 0 Å². The fourth-order valence-corrected chi connectivity index (χ4v) is 2.69.